The minimum Gasteiger partial charge on any atom is -0.494 e. The lowest BCUT2D eigenvalue weighted by Crippen LogP contribution is -2.50. The van der Waals surface area contributed by atoms with Gasteiger partial charge >= 0.3 is 0 Å². The summed E-state index contributed by atoms with van der Waals surface area (Å²) in [6.45, 7) is 7.88. The van der Waals surface area contributed by atoms with Gasteiger partial charge in [-0.25, -0.2) is 4.68 Å². The Morgan fingerprint density at radius 1 is 1.02 bits per heavy atom. The molecular weight excluding hydrogens is 550 g/mol. The summed E-state index contributed by atoms with van der Waals surface area (Å²) >= 11 is 0. The highest BCUT2D eigenvalue weighted by Gasteiger charge is 2.35. The SMILES string of the molecule is CCOc1ccc([C@H](C(=O)NC(C)(C)C)N(C(=O)Cn2nnc3ccccc32)c2ccc(-n3cnnn3)c(OC)c2)cc1. The van der Waals surface area contributed by atoms with Crippen molar-refractivity contribution in [1.82, 2.24) is 40.5 Å². The highest BCUT2D eigenvalue weighted by Crippen LogP contribution is 2.34. The number of fused-ring (bicyclic) bond motifs is 1. The molecule has 1 atom stereocenters. The van der Waals surface area contributed by atoms with E-state index in [1.807, 2.05) is 52.0 Å². The molecule has 2 heterocycles. The molecule has 0 aliphatic rings. The van der Waals surface area contributed by atoms with Gasteiger partial charge in [0.2, 0.25) is 11.8 Å². The predicted molar refractivity (Wildman–Crippen MR) is 159 cm³/mol. The third-order valence-corrected chi connectivity index (χ3v) is 6.52. The largest absolute Gasteiger partial charge is 0.494 e. The van der Waals surface area contributed by atoms with Crippen LogP contribution in [0.15, 0.2) is 73.1 Å². The van der Waals surface area contributed by atoms with Crippen LogP contribution in [0.3, 0.4) is 0 Å². The van der Waals surface area contributed by atoms with E-state index in [0.29, 0.717) is 46.1 Å². The molecule has 0 saturated heterocycles. The second-order valence-corrected chi connectivity index (χ2v) is 10.8. The number of ether oxygens (including phenoxy) is 2. The van der Waals surface area contributed by atoms with Gasteiger partial charge in [0.15, 0.2) is 0 Å². The number of methoxy groups -OCH3 is 1. The van der Waals surface area contributed by atoms with Gasteiger partial charge in [-0.1, -0.05) is 29.5 Å². The van der Waals surface area contributed by atoms with Crippen molar-refractivity contribution in [1.29, 1.82) is 0 Å². The van der Waals surface area contributed by atoms with E-state index in [0.717, 1.165) is 0 Å². The zero-order valence-corrected chi connectivity index (χ0v) is 24.6. The summed E-state index contributed by atoms with van der Waals surface area (Å²) in [5.41, 5.74) is 2.35. The Hall–Kier alpha value is -5.33. The second kappa shape index (κ2) is 12.3. The lowest BCUT2D eigenvalue weighted by atomic mass is 10.0. The number of anilines is 1. The molecule has 3 aromatic carbocycles. The van der Waals surface area contributed by atoms with Gasteiger partial charge in [0.05, 0.1) is 19.2 Å². The van der Waals surface area contributed by atoms with Crippen LogP contribution in [0.1, 0.15) is 39.3 Å². The summed E-state index contributed by atoms with van der Waals surface area (Å²) in [7, 11) is 1.51. The number of nitrogens with zero attached hydrogens (tertiary/aromatic N) is 8. The van der Waals surface area contributed by atoms with Crippen LogP contribution in [0.5, 0.6) is 11.5 Å². The maximum absolute atomic E-state index is 14.4. The van der Waals surface area contributed by atoms with E-state index < -0.39 is 17.5 Å². The number of tetrazole rings is 1. The molecule has 13 nitrogen and oxygen atoms in total. The fourth-order valence-corrected chi connectivity index (χ4v) is 4.72. The summed E-state index contributed by atoms with van der Waals surface area (Å²) in [4.78, 5) is 29.9. The molecule has 0 radical (unpaired) electrons. The molecule has 13 heteroatoms. The number of hydrogen-bond donors (Lipinski definition) is 1. The van der Waals surface area contributed by atoms with Crippen LogP contribution in [-0.2, 0) is 16.1 Å². The number of para-hydroxylation sites is 1. The van der Waals surface area contributed by atoms with Crippen molar-refractivity contribution in [2.75, 3.05) is 18.6 Å². The van der Waals surface area contributed by atoms with Gasteiger partial charge < -0.3 is 14.8 Å². The van der Waals surface area contributed by atoms with Crippen LogP contribution in [0, 0.1) is 0 Å². The maximum Gasteiger partial charge on any atom is 0.249 e. The van der Waals surface area contributed by atoms with Gasteiger partial charge in [-0.3, -0.25) is 14.5 Å². The summed E-state index contributed by atoms with van der Waals surface area (Å²) in [6.07, 6.45) is 1.44. The summed E-state index contributed by atoms with van der Waals surface area (Å²) in [5.74, 6) is 0.295. The number of carbonyl (C=O) groups excluding carboxylic acids is 2. The number of aromatic nitrogens is 7. The standard InChI is InChI=1S/C30H33N9O4/c1-6-43-22-14-11-20(12-15-22)28(29(41)32-30(2,3)4)39(27(40)18-37-24-10-8-7-9-23(24)33-35-37)21-13-16-25(26(17-21)42-5)38-19-31-34-36-38/h7-17,19,28H,6,18H2,1-5H3,(H,32,41)/t28-/m1/s1. The van der Waals surface area contributed by atoms with E-state index in [-0.39, 0.29) is 12.5 Å². The quantitative estimate of drug-likeness (QED) is 0.261. The van der Waals surface area contributed by atoms with Gasteiger partial charge in [-0.15, -0.1) is 10.2 Å². The van der Waals surface area contributed by atoms with Crippen molar-refractivity contribution in [2.24, 2.45) is 0 Å². The molecule has 0 unspecified atom stereocenters. The first-order chi connectivity index (χ1) is 20.7. The number of hydrogen-bond acceptors (Lipinski definition) is 9. The average molecular weight is 584 g/mol. The van der Waals surface area contributed by atoms with Crippen LogP contribution < -0.4 is 19.7 Å². The minimum atomic E-state index is -1.05. The van der Waals surface area contributed by atoms with Crippen molar-refractivity contribution in [3.8, 4) is 17.2 Å². The third-order valence-electron chi connectivity index (χ3n) is 6.52. The molecule has 5 rings (SSSR count). The van der Waals surface area contributed by atoms with Gasteiger partial charge in [0, 0.05) is 17.3 Å². The van der Waals surface area contributed by atoms with Crippen LogP contribution >= 0.6 is 0 Å². The molecular formula is C30H33N9O4. The normalized spacial score (nSPS) is 12.1. The van der Waals surface area contributed by atoms with Crippen molar-refractivity contribution < 1.29 is 19.1 Å². The first kappa shape index (κ1) is 29.2. The van der Waals surface area contributed by atoms with Crippen LogP contribution in [0.2, 0.25) is 0 Å². The Morgan fingerprint density at radius 2 is 1.79 bits per heavy atom. The fraction of sp³-hybridized carbons (Fsp3) is 0.300. The minimum absolute atomic E-state index is 0.173. The lowest BCUT2D eigenvalue weighted by molar-refractivity contribution is -0.128. The van der Waals surface area contributed by atoms with Crippen molar-refractivity contribution in [3.63, 3.8) is 0 Å². The molecule has 5 aromatic rings. The van der Waals surface area contributed by atoms with Crippen molar-refractivity contribution >= 4 is 28.5 Å². The van der Waals surface area contributed by atoms with Crippen LogP contribution in [-0.4, -0.2) is 66.3 Å². The fourth-order valence-electron chi connectivity index (χ4n) is 4.72. The molecule has 0 fully saturated rings. The maximum atomic E-state index is 14.4. The molecule has 0 spiro atoms. The number of carbonyl (C=O) groups is 2. The molecule has 0 bridgehead atoms. The first-order valence-corrected chi connectivity index (χ1v) is 13.7. The first-order valence-electron chi connectivity index (χ1n) is 13.7. The zero-order valence-electron chi connectivity index (χ0n) is 24.6. The number of nitrogens with one attached hydrogen (secondary N) is 1. The highest BCUT2D eigenvalue weighted by molar-refractivity contribution is 6.02. The average Bonchev–Trinajstić information content (AvgIpc) is 3.66. The Balaban J connectivity index is 1.65. The number of rotatable bonds is 10. The summed E-state index contributed by atoms with van der Waals surface area (Å²) in [6, 6.07) is 18.6. The molecule has 2 amide bonds. The van der Waals surface area contributed by atoms with E-state index in [4.69, 9.17) is 9.47 Å². The van der Waals surface area contributed by atoms with Crippen molar-refractivity contribution in [2.45, 2.75) is 45.8 Å². The molecule has 222 valence electrons. The predicted octanol–water partition coefficient (Wildman–Crippen LogP) is 3.50. The summed E-state index contributed by atoms with van der Waals surface area (Å²) < 4.78 is 14.3. The molecule has 1 N–H and O–H groups in total. The van der Waals surface area contributed by atoms with Gasteiger partial charge in [-0.05, 0) is 80.1 Å². The van der Waals surface area contributed by atoms with Crippen LogP contribution in [0.4, 0.5) is 5.69 Å². The van der Waals surface area contributed by atoms with Crippen LogP contribution in [0.25, 0.3) is 16.7 Å². The van der Waals surface area contributed by atoms with Gasteiger partial charge in [0.25, 0.3) is 0 Å². The third kappa shape index (κ3) is 6.45. The van der Waals surface area contributed by atoms with Gasteiger partial charge in [0.1, 0.15) is 41.6 Å². The van der Waals surface area contributed by atoms with E-state index in [9.17, 15) is 9.59 Å². The molecule has 0 aliphatic carbocycles. The number of amides is 2. The Kier molecular flexibility index (Phi) is 8.32. The van der Waals surface area contributed by atoms with E-state index in [2.05, 4.69) is 31.2 Å². The molecule has 2 aromatic heterocycles. The molecule has 0 aliphatic heterocycles. The van der Waals surface area contributed by atoms with Crippen molar-refractivity contribution in [3.05, 3.63) is 78.6 Å². The Morgan fingerprint density at radius 3 is 2.47 bits per heavy atom. The molecule has 43 heavy (non-hydrogen) atoms. The molecule has 0 saturated carbocycles. The van der Waals surface area contributed by atoms with E-state index in [1.165, 1.54) is 27.7 Å². The van der Waals surface area contributed by atoms with Gasteiger partial charge in [-0.2, -0.15) is 4.68 Å². The highest BCUT2D eigenvalue weighted by atomic mass is 16.5. The number of benzene rings is 3. The Labute approximate surface area is 248 Å². The monoisotopic (exact) mass is 583 g/mol. The Bertz CT molecular complexity index is 1710. The lowest BCUT2D eigenvalue weighted by Gasteiger charge is -2.34. The van der Waals surface area contributed by atoms with E-state index in [1.54, 1.807) is 42.5 Å². The summed E-state index contributed by atoms with van der Waals surface area (Å²) in [5, 5.41) is 22.8. The topological polar surface area (TPSA) is 142 Å². The smallest absolute Gasteiger partial charge is 0.249 e. The van der Waals surface area contributed by atoms with E-state index >= 15 is 0 Å². The zero-order chi connectivity index (χ0) is 30.6. The second-order valence-electron chi connectivity index (χ2n) is 10.8.